The highest BCUT2D eigenvalue weighted by Crippen LogP contribution is 2.27. The van der Waals surface area contributed by atoms with Crippen LogP contribution in [-0.2, 0) is 9.59 Å². The molecule has 0 unspecified atom stereocenters. The van der Waals surface area contributed by atoms with Gasteiger partial charge >= 0.3 is 0 Å². The summed E-state index contributed by atoms with van der Waals surface area (Å²) in [7, 11) is 0. The van der Waals surface area contributed by atoms with Gasteiger partial charge in [0, 0.05) is 48.6 Å². The maximum atomic E-state index is 12.7. The number of nitrogens with zero attached hydrogens (tertiary/aromatic N) is 1. The van der Waals surface area contributed by atoms with Crippen LogP contribution in [0.15, 0.2) is 18.2 Å². The zero-order valence-electron chi connectivity index (χ0n) is 15.7. The third-order valence-electron chi connectivity index (χ3n) is 4.87. The van der Waals surface area contributed by atoms with E-state index in [-0.39, 0.29) is 61.4 Å². The fourth-order valence-corrected chi connectivity index (χ4v) is 4.03. The SMILES string of the molecule is Cl.Cl.NCC(=O)N[C@@H]1CN[C@@H](C(=O)N2CCC(Oc3cc(Cl)cc(Cl)c3)CC2)C1. The number of ether oxygens (including phenoxy) is 1. The fourth-order valence-electron chi connectivity index (χ4n) is 3.52. The maximum Gasteiger partial charge on any atom is 0.239 e. The molecule has 0 saturated carbocycles. The van der Waals surface area contributed by atoms with E-state index in [1.165, 1.54) is 0 Å². The zero-order valence-corrected chi connectivity index (χ0v) is 18.9. The molecule has 29 heavy (non-hydrogen) atoms. The van der Waals surface area contributed by atoms with Gasteiger partial charge in [0.05, 0.1) is 12.6 Å². The smallest absolute Gasteiger partial charge is 0.239 e. The average molecular weight is 488 g/mol. The van der Waals surface area contributed by atoms with Crippen molar-refractivity contribution in [1.29, 1.82) is 0 Å². The molecule has 0 spiro atoms. The van der Waals surface area contributed by atoms with Gasteiger partial charge in [0.2, 0.25) is 11.8 Å². The quantitative estimate of drug-likeness (QED) is 0.590. The van der Waals surface area contributed by atoms with Crippen molar-refractivity contribution in [3.05, 3.63) is 28.2 Å². The molecular weight excluding hydrogens is 462 g/mol. The van der Waals surface area contributed by atoms with Crippen molar-refractivity contribution in [3.8, 4) is 5.75 Å². The highest BCUT2D eigenvalue weighted by molar-refractivity contribution is 6.34. The molecule has 4 N–H and O–H groups in total. The van der Waals surface area contributed by atoms with E-state index in [4.69, 9.17) is 33.7 Å². The molecule has 2 aliphatic heterocycles. The van der Waals surface area contributed by atoms with E-state index in [2.05, 4.69) is 10.6 Å². The predicted octanol–water partition coefficient (Wildman–Crippen LogP) is 2.01. The van der Waals surface area contributed by atoms with Crippen LogP contribution >= 0.6 is 48.0 Å². The molecule has 2 fully saturated rings. The van der Waals surface area contributed by atoms with Gasteiger partial charge in [0.15, 0.2) is 0 Å². The van der Waals surface area contributed by atoms with Crippen LogP contribution in [0.3, 0.4) is 0 Å². The lowest BCUT2D eigenvalue weighted by molar-refractivity contribution is -0.135. The number of hydrogen-bond acceptors (Lipinski definition) is 5. The molecule has 3 rings (SSSR count). The van der Waals surface area contributed by atoms with Crippen LogP contribution in [0, 0.1) is 0 Å². The second-order valence-electron chi connectivity index (χ2n) is 6.91. The lowest BCUT2D eigenvalue weighted by Crippen LogP contribution is -2.48. The fraction of sp³-hybridized carbons (Fsp3) is 0.556. The molecule has 7 nitrogen and oxygen atoms in total. The Kier molecular flexibility index (Phi) is 10.8. The Morgan fingerprint density at radius 2 is 1.79 bits per heavy atom. The summed E-state index contributed by atoms with van der Waals surface area (Å²) in [5.41, 5.74) is 5.31. The number of nitrogens with two attached hydrogens (primary N) is 1. The van der Waals surface area contributed by atoms with Gasteiger partial charge in [-0.25, -0.2) is 0 Å². The largest absolute Gasteiger partial charge is 0.490 e. The molecule has 0 aromatic heterocycles. The highest BCUT2D eigenvalue weighted by Gasteiger charge is 2.34. The minimum Gasteiger partial charge on any atom is -0.490 e. The summed E-state index contributed by atoms with van der Waals surface area (Å²) in [6.45, 7) is 1.81. The molecular formula is C18H26Cl4N4O3. The van der Waals surface area contributed by atoms with Crippen molar-refractivity contribution in [2.45, 2.75) is 37.5 Å². The standard InChI is InChI=1S/C18H24Cl2N4O3.2ClH/c19-11-5-12(20)7-15(6-11)27-14-1-3-24(4-2-14)18(26)16-8-13(10-22-16)23-17(25)9-21;;/h5-7,13-14,16,22H,1-4,8-10,21H2,(H,23,25);2*1H/t13-,16+;;/m0../s1. The second-order valence-corrected chi connectivity index (χ2v) is 7.79. The Bertz CT molecular complexity index is 681. The normalized spacial score (nSPS) is 21.7. The minimum atomic E-state index is -0.266. The molecule has 2 heterocycles. The third kappa shape index (κ3) is 7.35. The number of nitrogens with one attached hydrogen (secondary N) is 2. The molecule has 0 aliphatic carbocycles. The summed E-state index contributed by atoms with van der Waals surface area (Å²) >= 11 is 12.0. The predicted molar refractivity (Wildman–Crippen MR) is 119 cm³/mol. The molecule has 2 saturated heterocycles. The number of piperidine rings is 1. The Balaban J connectivity index is 0.00000210. The van der Waals surface area contributed by atoms with E-state index in [9.17, 15) is 9.59 Å². The van der Waals surface area contributed by atoms with Crippen molar-refractivity contribution in [2.75, 3.05) is 26.2 Å². The number of amides is 2. The van der Waals surface area contributed by atoms with Crippen LogP contribution < -0.4 is 21.1 Å². The van der Waals surface area contributed by atoms with Crippen LogP contribution in [0.4, 0.5) is 0 Å². The third-order valence-corrected chi connectivity index (χ3v) is 5.31. The number of likely N-dealkylation sites (tertiary alicyclic amines) is 1. The summed E-state index contributed by atoms with van der Waals surface area (Å²) in [6, 6.07) is 4.82. The van der Waals surface area contributed by atoms with Crippen molar-refractivity contribution in [3.63, 3.8) is 0 Å². The first kappa shape index (κ1) is 26.1. The van der Waals surface area contributed by atoms with Crippen molar-refractivity contribution in [2.24, 2.45) is 5.73 Å². The molecule has 0 radical (unpaired) electrons. The van der Waals surface area contributed by atoms with Crippen LogP contribution in [0.25, 0.3) is 0 Å². The molecule has 2 aliphatic rings. The Hall–Kier alpha value is -0.960. The number of carbonyl (C=O) groups excluding carboxylic acids is 2. The second kappa shape index (κ2) is 12.0. The molecule has 11 heteroatoms. The number of carbonyl (C=O) groups is 2. The van der Waals surface area contributed by atoms with Crippen molar-refractivity contribution >= 4 is 59.8 Å². The van der Waals surface area contributed by atoms with Gasteiger partial charge in [-0.3, -0.25) is 9.59 Å². The first-order valence-electron chi connectivity index (χ1n) is 9.09. The Labute approximate surface area is 192 Å². The summed E-state index contributed by atoms with van der Waals surface area (Å²) in [6.07, 6.45) is 2.10. The van der Waals surface area contributed by atoms with Gasteiger partial charge in [-0.15, -0.1) is 24.8 Å². The van der Waals surface area contributed by atoms with Crippen molar-refractivity contribution in [1.82, 2.24) is 15.5 Å². The summed E-state index contributed by atoms with van der Waals surface area (Å²) in [5, 5.41) is 7.08. The average Bonchev–Trinajstić information content (AvgIpc) is 3.09. The van der Waals surface area contributed by atoms with E-state index < -0.39 is 0 Å². The van der Waals surface area contributed by atoms with Crippen LogP contribution in [0.5, 0.6) is 5.75 Å². The highest BCUT2D eigenvalue weighted by atomic mass is 35.5. The molecule has 2 amide bonds. The zero-order chi connectivity index (χ0) is 19.4. The van der Waals surface area contributed by atoms with Gasteiger partial charge in [0.25, 0.3) is 0 Å². The molecule has 1 aromatic carbocycles. The summed E-state index contributed by atoms with van der Waals surface area (Å²) in [5.74, 6) is 0.519. The molecule has 1 aromatic rings. The Morgan fingerprint density at radius 3 is 2.38 bits per heavy atom. The summed E-state index contributed by atoms with van der Waals surface area (Å²) < 4.78 is 5.96. The molecule has 164 valence electrons. The maximum absolute atomic E-state index is 12.7. The first-order valence-corrected chi connectivity index (χ1v) is 9.84. The van der Waals surface area contributed by atoms with Crippen LogP contribution in [0.1, 0.15) is 19.3 Å². The van der Waals surface area contributed by atoms with Gasteiger partial charge in [-0.2, -0.15) is 0 Å². The number of halogens is 4. The molecule has 0 bridgehead atoms. The lowest BCUT2D eigenvalue weighted by atomic mass is 10.1. The van der Waals surface area contributed by atoms with E-state index in [0.717, 1.165) is 12.8 Å². The number of hydrogen-bond donors (Lipinski definition) is 3. The van der Waals surface area contributed by atoms with Gasteiger partial charge in [0.1, 0.15) is 11.9 Å². The van der Waals surface area contributed by atoms with Crippen LogP contribution in [0.2, 0.25) is 10.0 Å². The minimum absolute atomic E-state index is 0. The van der Waals surface area contributed by atoms with E-state index in [1.807, 2.05) is 4.90 Å². The number of rotatable bonds is 5. The molecule has 2 atom stereocenters. The topological polar surface area (TPSA) is 96.7 Å². The first-order chi connectivity index (χ1) is 12.9. The lowest BCUT2D eigenvalue weighted by Gasteiger charge is -2.33. The summed E-state index contributed by atoms with van der Waals surface area (Å²) in [4.78, 5) is 25.9. The monoisotopic (exact) mass is 486 g/mol. The number of benzene rings is 1. The van der Waals surface area contributed by atoms with Gasteiger partial charge < -0.3 is 26.0 Å². The van der Waals surface area contributed by atoms with Crippen molar-refractivity contribution < 1.29 is 14.3 Å². The van der Waals surface area contributed by atoms with E-state index >= 15 is 0 Å². The van der Waals surface area contributed by atoms with E-state index in [1.54, 1.807) is 18.2 Å². The van der Waals surface area contributed by atoms with E-state index in [0.29, 0.717) is 41.8 Å². The van der Waals surface area contributed by atoms with Crippen LogP contribution in [-0.4, -0.2) is 61.1 Å². The Morgan fingerprint density at radius 1 is 1.17 bits per heavy atom. The van der Waals surface area contributed by atoms with Gasteiger partial charge in [-0.05, 0) is 24.6 Å². The van der Waals surface area contributed by atoms with Gasteiger partial charge in [-0.1, -0.05) is 23.2 Å².